The van der Waals surface area contributed by atoms with Crippen molar-refractivity contribution in [3.63, 3.8) is 0 Å². The van der Waals surface area contributed by atoms with Crippen LogP contribution in [0.25, 0.3) is 11.4 Å². The van der Waals surface area contributed by atoms with Crippen molar-refractivity contribution in [2.45, 2.75) is 70.7 Å². The number of carbonyl (C=O) groups excluding carboxylic acids is 2. The number of hydrogen-bond donors (Lipinski definition) is 1. The van der Waals surface area contributed by atoms with Gasteiger partial charge in [0, 0.05) is 56.0 Å². The van der Waals surface area contributed by atoms with Crippen molar-refractivity contribution in [1.82, 2.24) is 29.5 Å². The van der Waals surface area contributed by atoms with Crippen LogP contribution in [-0.2, 0) is 24.3 Å². The number of hydrogen-bond acceptors (Lipinski definition) is 4. The summed E-state index contributed by atoms with van der Waals surface area (Å²) in [6.07, 6.45) is 6.61. The number of aromatic nitrogens is 4. The summed E-state index contributed by atoms with van der Waals surface area (Å²) in [4.78, 5) is 33.2. The summed E-state index contributed by atoms with van der Waals surface area (Å²) in [5.41, 5.74) is 2.40. The van der Waals surface area contributed by atoms with Crippen molar-refractivity contribution >= 4 is 11.8 Å². The predicted octanol–water partition coefficient (Wildman–Crippen LogP) is 2.89. The highest BCUT2D eigenvalue weighted by Gasteiger charge is 2.42. The quantitative estimate of drug-likeness (QED) is 0.631. The van der Waals surface area contributed by atoms with Gasteiger partial charge in [0.1, 0.15) is 11.5 Å². The molecule has 1 fully saturated rings. The van der Waals surface area contributed by atoms with E-state index in [1.165, 1.54) is 0 Å². The van der Waals surface area contributed by atoms with Crippen molar-refractivity contribution in [3.8, 4) is 11.4 Å². The Morgan fingerprint density at radius 1 is 1.12 bits per heavy atom. The number of rotatable bonds is 6. The second-order valence-corrected chi connectivity index (χ2v) is 9.24. The Kier molecular flexibility index (Phi) is 5.74. The minimum Gasteiger partial charge on any atom is -0.348 e. The summed E-state index contributed by atoms with van der Waals surface area (Å²) in [7, 11) is 0. The lowest BCUT2D eigenvalue weighted by Gasteiger charge is -2.28. The van der Waals surface area contributed by atoms with Gasteiger partial charge in [-0.3, -0.25) is 14.3 Å². The first-order valence-electron chi connectivity index (χ1n) is 11.8. The van der Waals surface area contributed by atoms with Gasteiger partial charge in [0.15, 0.2) is 0 Å². The molecule has 2 aliphatic heterocycles. The van der Waals surface area contributed by atoms with Gasteiger partial charge >= 0.3 is 0 Å². The van der Waals surface area contributed by atoms with E-state index >= 15 is 0 Å². The number of amides is 2. The molecule has 2 aromatic heterocycles. The molecule has 33 heavy (non-hydrogen) atoms. The average molecular weight is 447 g/mol. The first-order valence-corrected chi connectivity index (χ1v) is 11.8. The van der Waals surface area contributed by atoms with E-state index in [2.05, 4.69) is 19.9 Å². The van der Waals surface area contributed by atoms with Gasteiger partial charge in [-0.1, -0.05) is 30.3 Å². The number of carbonyl (C=O) groups is 2. The number of fused-ring (bicyclic) bond motifs is 3. The van der Waals surface area contributed by atoms with Crippen molar-refractivity contribution in [3.05, 3.63) is 60.2 Å². The zero-order valence-electron chi connectivity index (χ0n) is 19.1. The SMILES string of the molecule is CC(C)NC(=O)c1nc(-c2ccccc2)n2c1C[C@@H]1CC[C@H](C2)N1C(=O)CCn1cccn1. The number of aryl methyl sites for hydroxylation is 1. The van der Waals surface area contributed by atoms with Crippen molar-refractivity contribution in [1.29, 1.82) is 0 Å². The Balaban J connectivity index is 1.47. The summed E-state index contributed by atoms with van der Waals surface area (Å²) in [6.45, 7) is 5.14. The zero-order chi connectivity index (χ0) is 22.9. The number of benzene rings is 1. The standard InChI is InChI=1S/C25H30N6O2/c1-17(2)27-25(33)23-21-15-19-9-10-20(31(19)22(32)11-14-29-13-6-12-26-29)16-30(21)24(28-23)18-7-4-3-5-8-18/h3-8,12-13,17,19-20H,9-11,14-16H2,1-2H3,(H,27,33)/t19-,20+/m0/s1. The first-order chi connectivity index (χ1) is 16.0. The van der Waals surface area contributed by atoms with Crippen molar-refractivity contribution in [2.75, 3.05) is 0 Å². The minimum atomic E-state index is -0.148. The second-order valence-electron chi connectivity index (χ2n) is 9.24. The fraction of sp³-hybridized carbons (Fsp3) is 0.440. The van der Waals surface area contributed by atoms with Crippen LogP contribution < -0.4 is 5.32 Å². The van der Waals surface area contributed by atoms with Gasteiger partial charge in [-0.15, -0.1) is 0 Å². The van der Waals surface area contributed by atoms with Gasteiger partial charge in [0.05, 0.1) is 11.7 Å². The van der Waals surface area contributed by atoms with Crippen LogP contribution in [0.5, 0.6) is 0 Å². The monoisotopic (exact) mass is 446 g/mol. The van der Waals surface area contributed by atoms with Gasteiger partial charge in [-0.05, 0) is 32.8 Å². The highest BCUT2D eigenvalue weighted by Crippen LogP contribution is 2.36. The third kappa shape index (κ3) is 4.17. The van der Waals surface area contributed by atoms with Gasteiger partial charge in [0.25, 0.3) is 5.91 Å². The molecule has 5 rings (SSSR count). The first kappa shape index (κ1) is 21.4. The molecule has 172 valence electrons. The van der Waals surface area contributed by atoms with Gasteiger partial charge in [-0.25, -0.2) is 4.98 Å². The molecule has 1 saturated heterocycles. The van der Waals surface area contributed by atoms with Crippen LogP contribution in [0.15, 0.2) is 48.8 Å². The molecular weight excluding hydrogens is 416 g/mol. The smallest absolute Gasteiger partial charge is 0.271 e. The van der Waals surface area contributed by atoms with Gasteiger partial charge in [0.2, 0.25) is 5.91 Å². The molecule has 2 atom stereocenters. The van der Waals surface area contributed by atoms with Crippen LogP contribution in [0.3, 0.4) is 0 Å². The van der Waals surface area contributed by atoms with Crippen LogP contribution in [0, 0.1) is 0 Å². The second kappa shape index (κ2) is 8.84. The maximum Gasteiger partial charge on any atom is 0.271 e. The molecule has 2 aliphatic rings. The molecule has 4 heterocycles. The molecule has 0 radical (unpaired) electrons. The molecular formula is C25H30N6O2. The maximum absolute atomic E-state index is 13.3. The maximum atomic E-state index is 13.3. The molecule has 8 heteroatoms. The van der Waals surface area contributed by atoms with Crippen LogP contribution in [0.1, 0.15) is 49.3 Å². The molecule has 2 amide bonds. The summed E-state index contributed by atoms with van der Waals surface area (Å²) < 4.78 is 3.98. The lowest BCUT2D eigenvalue weighted by Crippen LogP contribution is -2.42. The molecule has 2 bridgehead atoms. The predicted molar refractivity (Wildman–Crippen MR) is 124 cm³/mol. The van der Waals surface area contributed by atoms with E-state index in [0.29, 0.717) is 31.6 Å². The topological polar surface area (TPSA) is 85.0 Å². The highest BCUT2D eigenvalue weighted by atomic mass is 16.2. The molecule has 8 nitrogen and oxygen atoms in total. The van der Waals surface area contributed by atoms with Gasteiger partial charge < -0.3 is 14.8 Å². The Labute approximate surface area is 193 Å². The van der Waals surface area contributed by atoms with E-state index in [1.807, 2.05) is 56.4 Å². The normalized spacial score (nSPS) is 19.4. The minimum absolute atomic E-state index is 0.0256. The third-order valence-corrected chi connectivity index (χ3v) is 6.58. The zero-order valence-corrected chi connectivity index (χ0v) is 19.1. The van der Waals surface area contributed by atoms with Gasteiger partial charge in [-0.2, -0.15) is 5.10 Å². The van der Waals surface area contributed by atoms with Crippen molar-refractivity contribution < 1.29 is 9.59 Å². The number of nitrogens with zero attached hydrogens (tertiary/aromatic N) is 5. The van der Waals surface area contributed by atoms with E-state index in [9.17, 15) is 9.59 Å². The molecule has 3 aromatic rings. The molecule has 0 spiro atoms. The van der Waals surface area contributed by atoms with Crippen molar-refractivity contribution in [2.24, 2.45) is 0 Å². The lowest BCUT2D eigenvalue weighted by atomic mass is 10.0. The fourth-order valence-corrected chi connectivity index (χ4v) is 5.16. The molecule has 0 aliphatic carbocycles. The highest BCUT2D eigenvalue weighted by molar-refractivity contribution is 5.94. The molecule has 1 N–H and O–H groups in total. The van der Waals surface area contributed by atoms with E-state index in [0.717, 1.165) is 29.9 Å². The average Bonchev–Trinajstić information content (AvgIpc) is 3.50. The third-order valence-electron chi connectivity index (χ3n) is 6.58. The summed E-state index contributed by atoms with van der Waals surface area (Å²) in [5.74, 6) is 0.812. The lowest BCUT2D eigenvalue weighted by molar-refractivity contribution is -0.134. The molecule has 1 aromatic carbocycles. The van der Waals surface area contributed by atoms with Crippen LogP contribution >= 0.6 is 0 Å². The van der Waals surface area contributed by atoms with E-state index < -0.39 is 0 Å². The van der Waals surface area contributed by atoms with E-state index in [1.54, 1.807) is 10.9 Å². The number of nitrogens with one attached hydrogen (secondary N) is 1. The largest absolute Gasteiger partial charge is 0.348 e. The van der Waals surface area contributed by atoms with E-state index in [4.69, 9.17) is 4.98 Å². The Morgan fingerprint density at radius 2 is 1.91 bits per heavy atom. The number of imidazole rings is 1. The fourth-order valence-electron chi connectivity index (χ4n) is 5.16. The Hall–Kier alpha value is -3.42. The summed E-state index contributed by atoms with van der Waals surface area (Å²) in [5, 5.41) is 7.22. The Bertz CT molecular complexity index is 1140. The van der Waals surface area contributed by atoms with Crippen LogP contribution in [0.4, 0.5) is 0 Å². The van der Waals surface area contributed by atoms with Crippen LogP contribution in [-0.4, -0.2) is 54.2 Å². The summed E-state index contributed by atoms with van der Waals surface area (Å²) in [6, 6.07) is 12.1. The molecule has 0 saturated carbocycles. The molecule has 0 unspecified atom stereocenters. The van der Waals surface area contributed by atoms with E-state index in [-0.39, 0.29) is 29.9 Å². The van der Waals surface area contributed by atoms with Crippen LogP contribution in [0.2, 0.25) is 0 Å². The summed E-state index contributed by atoms with van der Waals surface area (Å²) >= 11 is 0. The Morgan fingerprint density at radius 3 is 2.64 bits per heavy atom.